The molecule has 1 fully saturated rings. The lowest BCUT2D eigenvalue weighted by Gasteiger charge is -2.15. The molecule has 0 atom stereocenters. The highest BCUT2D eigenvalue weighted by Gasteiger charge is 2.23. The minimum absolute atomic E-state index is 0.0623. The average molecular weight is 235 g/mol. The summed E-state index contributed by atoms with van der Waals surface area (Å²) in [4.78, 5) is 3.68. The zero-order chi connectivity index (χ0) is 11.4. The van der Waals surface area contributed by atoms with Crippen molar-refractivity contribution in [2.75, 3.05) is 20.2 Å². The largest absolute Gasteiger partial charge is 0.384 e. The Morgan fingerprint density at radius 1 is 1.56 bits per heavy atom. The summed E-state index contributed by atoms with van der Waals surface area (Å²) in [5.74, 6) is 6.64. The number of aliphatic hydroxyl groups excluding tert-OH is 1. The summed E-state index contributed by atoms with van der Waals surface area (Å²) in [7, 11) is 2.17. The first kappa shape index (κ1) is 11.7. The fraction of sp³-hybridized carbons (Fsp3) is 0.538. The van der Waals surface area contributed by atoms with E-state index in [1.165, 1.54) is 24.3 Å². The summed E-state index contributed by atoms with van der Waals surface area (Å²) in [6, 6.07) is 2.04. The van der Waals surface area contributed by atoms with Crippen LogP contribution < -0.4 is 0 Å². The normalized spacial score (nSPS) is 14.9. The SMILES string of the molecule is CN(Cc1sccc1C#CCO)CC1CC1. The molecule has 0 aliphatic heterocycles. The molecule has 3 heteroatoms. The first-order valence-corrected chi connectivity index (χ1v) is 6.52. The number of hydrogen-bond acceptors (Lipinski definition) is 3. The zero-order valence-corrected chi connectivity index (χ0v) is 10.4. The Morgan fingerprint density at radius 3 is 3.06 bits per heavy atom. The second-order valence-electron chi connectivity index (χ2n) is 4.36. The molecule has 1 heterocycles. The highest BCUT2D eigenvalue weighted by Crippen LogP contribution is 2.30. The summed E-state index contributed by atoms with van der Waals surface area (Å²) in [6.07, 6.45) is 2.79. The van der Waals surface area contributed by atoms with Crippen LogP contribution in [0.5, 0.6) is 0 Å². The van der Waals surface area contributed by atoms with Gasteiger partial charge >= 0.3 is 0 Å². The second-order valence-corrected chi connectivity index (χ2v) is 5.36. The van der Waals surface area contributed by atoms with Gasteiger partial charge in [-0.15, -0.1) is 11.3 Å². The fourth-order valence-corrected chi connectivity index (χ4v) is 2.67. The summed E-state index contributed by atoms with van der Waals surface area (Å²) in [5, 5.41) is 10.8. The van der Waals surface area contributed by atoms with Gasteiger partial charge in [0.05, 0.1) is 0 Å². The lowest BCUT2D eigenvalue weighted by atomic mass is 10.2. The summed E-state index contributed by atoms with van der Waals surface area (Å²) >= 11 is 1.75. The molecule has 0 saturated heterocycles. The van der Waals surface area contributed by atoms with Crippen LogP contribution in [-0.2, 0) is 6.54 Å². The van der Waals surface area contributed by atoms with Crippen molar-refractivity contribution in [3.05, 3.63) is 21.9 Å². The molecule has 1 N–H and O–H groups in total. The third-order valence-electron chi connectivity index (χ3n) is 2.73. The van der Waals surface area contributed by atoms with Crippen molar-refractivity contribution in [2.45, 2.75) is 19.4 Å². The molecule has 0 unspecified atom stereocenters. The van der Waals surface area contributed by atoms with Gasteiger partial charge in [0.1, 0.15) is 6.61 Å². The van der Waals surface area contributed by atoms with Crippen molar-refractivity contribution in [1.82, 2.24) is 4.90 Å². The summed E-state index contributed by atoms with van der Waals surface area (Å²) < 4.78 is 0. The van der Waals surface area contributed by atoms with Gasteiger partial charge in [0.15, 0.2) is 0 Å². The number of aliphatic hydroxyl groups is 1. The van der Waals surface area contributed by atoms with Gasteiger partial charge < -0.3 is 10.0 Å². The van der Waals surface area contributed by atoms with E-state index < -0.39 is 0 Å². The minimum Gasteiger partial charge on any atom is -0.384 e. The number of nitrogens with zero attached hydrogens (tertiary/aromatic N) is 1. The highest BCUT2D eigenvalue weighted by atomic mass is 32.1. The molecule has 1 aromatic rings. The third-order valence-corrected chi connectivity index (χ3v) is 3.63. The predicted molar refractivity (Wildman–Crippen MR) is 67.3 cm³/mol. The Bertz CT molecular complexity index is 398. The van der Waals surface area contributed by atoms with E-state index in [-0.39, 0.29) is 6.61 Å². The smallest absolute Gasteiger partial charge is 0.104 e. The summed E-state index contributed by atoms with van der Waals surface area (Å²) in [5.41, 5.74) is 1.07. The second kappa shape index (κ2) is 5.49. The lowest BCUT2D eigenvalue weighted by molar-refractivity contribution is 0.315. The molecule has 2 nitrogen and oxygen atoms in total. The average Bonchev–Trinajstić information content (AvgIpc) is 2.95. The minimum atomic E-state index is -0.0623. The number of rotatable bonds is 4. The maximum absolute atomic E-state index is 8.68. The van der Waals surface area contributed by atoms with Crippen LogP contribution in [0.25, 0.3) is 0 Å². The first-order chi connectivity index (χ1) is 7.79. The Balaban J connectivity index is 1.94. The maximum Gasteiger partial charge on any atom is 0.104 e. The van der Waals surface area contributed by atoms with Gasteiger partial charge in [-0.25, -0.2) is 0 Å². The zero-order valence-electron chi connectivity index (χ0n) is 9.57. The van der Waals surface area contributed by atoms with Crippen molar-refractivity contribution in [1.29, 1.82) is 0 Å². The van der Waals surface area contributed by atoms with E-state index >= 15 is 0 Å². The van der Waals surface area contributed by atoms with E-state index in [1.807, 2.05) is 6.07 Å². The molecule has 86 valence electrons. The van der Waals surface area contributed by atoms with E-state index in [9.17, 15) is 0 Å². The molecule has 0 bridgehead atoms. The lowest BCUT2D eigenvalue weighted by Crippen LogP contribution is -2.20. The molecule has 0 spiro atoms. The van der Waals surface area contributed by atoms with Crippen molar-refractivity contribution >= 4 is 11.3 Å². The molecule has 1 saturated carbocycles. The molecule has 1 aromatic heterocycles. The van der Waals surface area contributed by atoms with Crippen LogP contribution in [0.2, 0.25) is 0 Å². The Morgan fingerprint density at radius 2 is 2.38 bits per heavy atom. The Labute approximate surface area is 101 Å². The van der Waals surface area contributed by atoms with Gasteiger partial charge in [-0.05, 0) is 37.3 Å². The van der Waals surface area contributed by atoms with Crippen LogP contribution in [0.4, 0.5) is 0 Å². The molecule has 16 heavy (non-hydrogen) atoms. The molecule has 0 aromatic carbocycles. The number of thiophene rings is 1. The van der Waals surface area contributed by atoms with E-state index in [2.05, 4.69) is 29.2 Å². The Hall–Kier alpha value is -0.820. The summed E-state index contributed by atoms with van der Waals surface area (Å²) in [6.45, 7) is 2.11. The molecule has 1 aliphatic rings. The third kappa shape index (κ3) is 3.34. The first-order valence-electron chi connectivity index (χ1n) is 5.64. The molecule has 1 aliphatic carbocycles. The van der Waals surface area contributed by atoms with Crippen molar-refractivity contribution in [3.63, 3.8) is 0 Å². The monoisotopic (exact) mass is 235 g/mol. The van der Waals surface area contributed by atoms with Crippen LogP contribution in [0, 0.1) is 17.8 Å². The Kier molecular flexibility index (Phi) is 4.00. The molecule has 0 radical (unpaired) electrons. The molecule has 0 amide bonds. The predicted octanol–water partition coefficient (Wildman–Crippen LogP) is 1.93. The standard InChI is InChI=1S/C13H17NOS/c1-14(9-11-4-5-11)10-13-12(3-2-7-15)6-8-16-13/h6,8,11,15H,4-5,7,9-10H2,1H3. The maximum atomic E-state index is 8.68. The van der Waals surface area contributed by atoms with Gasteiger partial charge in [-0.3, -0.25) is 0 Å². The van der Waals surface area contributed by atoms with Gasteiger partial charge in [0.2, 0.25) is 0 Å². The van der Waals surface area contributed by atoms with E-state index in [0.717, 1.165) is 18.0 Å². The van der Waals surface area contributed by atoms with Crippen LogP contribution in [-0.4, -0.2) is 30.2 Å². The van der Waals surface area contributed by atoms with Crippen molar-refractivity contribution in [2.24, 2.45) is 5.92 Å². The van der Waals surface area contributed by atoms with Crippen LogP contribution in [0.15, 0.2) is 11.4 Å². The van der Waals surface area contributed by atoms with Gasteiger partial charge in [0, 0.05) is 23.5 Å². The van der Waals surface area contributed by atoms with E-state index in [1.54, 1.807) is 11.3 Å². The quantitative estimate of drug-likeness (QED) is 0.806. The molecule has 2 rings (SSSR count). The van der Waals surface area contributed by atoms with Crippen molar-refractivity contribution < 1.29 is 5.11 Å². The fourth-order valence-electron chi connectivity index (χ4n) is 1.76. The van der Waals surface area contributed by atoms with Crippen LogP contribution in [0.1, 0.15) is 23.3 Å². The topological polar surface area (TPSA) is 23.5 Å². The number of hydrogen-bond donors (Lipinski definition) is 1. The van der Waals surface area contributed by atoms with Gasteiger partial charge in [-0.1, -0.05) is 11.8 Å². The molecular formula is C13H17NOS. The van der Waals surface area contributed by atoms with Crippen LogP contribution >= 0.6 is 11.3 Å². The van der Waals surface area contributed by atoms with Gasteiger partial charge in [-0.2, -0.15) is 0 Å². The molecular weight excluding hydrogens is 218 g/mol. The van der Waals surface area contributed by atoms with Crippen molar-refractivity contribution in [3.8, 4) is 11.8 Å². The van der Waals surface area contributed by atoms with E-state index in [4.69, 9.17) is 5.11 Å². The highest BCUT2D eigenvalue weighted by molar-refractivity contribution is 7.10. The van der Waals surface area contributed by atoms with Gasteiger partial charge in [0.25, 0.3) is 0 Å². The van der Waals surface area contributed by atoms with E-state index in [0.29, 0.717) is 0 Å². The van der Waals surface area contributed by atoms with Crippen LogP contribution in [0.3, 0.4) is 0 Å².